The summed E-state index contributed by atoms with van der Waals surface area (Å²) >= 11 is 0. The standard InChI is InChI=1S/C21H27N3O5/c1-5-13-10-16(19(26)27)18(25)24-9-7-15(11-17(13)24)23-8-6-14(12-23)22-20(28)29-21(2,3)4/h7,9-11,14H,5-6,8,12H2,1-4H3,(H,22,28)(H,26,27). The lowest BCUT2D eigenvalue weighted by molar-refractivity contribution is 0.0508. The number of nitrogens with one attached hydrogen (secondary N) is 1. The SMILES string of the molecule is CCc1cc(C(=O)O)c(=O)n2ccc(N3CCC(NC(=O)OC(C)(C)C)C3)cc12. The summed E-state index contributed by atoms with van der Waals surface area (Å²) in [6, 6.07) is 5.14. The number of carbonyl (C=O) groups excluding carboxylic acids is 1. The van der Waals surface area contributed by atoms with Crippen molar-refractivity contribution in [3.8, 4) is 0 Å². The van der Waals surface area contributed by atoms with Gasteiger partial charge in [0.1, 0.15) is 11.2 Å². The lowest BCUT2D eigenvalue weighted by Gasteiger charge is -2.23. The van der Waals surface area contributed by atoms with Crippen molar-refractivity contribution in [1.82, 2.24) is 9.72 Å². The molecule has 1 aliphatic rings. The number of rotatable bonds is 4. The Labute approximate surface area is 169 Å². The van der Waals surface area contributed by atoms with E-state index in [2.05, 4.69) is 10.2 Å². The quantitative estimate of drug-likeness (QED) is 0.817. The summed E-state index contributed by atoms with van der Waals surface area (Å²) in [5.74, 6) is -1.22. The number of anilines is 1. The lowest BCUT2D eigenvalue weighted by Crippen LogP contribution is -2.40. The third-order valence-corrected chi connectivity index (χ3v) is 4.92. The normalized spacial score (nSPS) is 16.8. The van der Waals surface area contributed by atoms with E-state index in [1.807, 2.05) is 33.8 Å². The highest BCUT2D eigenvalue weighted by atomic mass is 16.6. The van der Waals surface area contributed by atoms with E-state index >= 15 is 0 Å². The van der Waals surface area contributed by atoms with E-state index in [0.29, 0.717) is 18.5 Å². The van der Waals surface area contributed by atoms with Gasteiger partial charge in [-0.1, -0.05) is 6.92 Å². The van der Waals surface area contributed by atoms with E-state index < -0.39 is 23.2 Å². The minimum atomic E-state index is -1.22. The molecule has 1 saturated heterocycles. The van der Waals surface area contributed by atoms with Gasteiger partial charge in [-0.2, -0.15) is 0 Å². The zero-order chi connectivity index (χ0) is 21.3. The second kappa shape index (κ2) is 7.77. The molecule has 8 nitrogen and oxygen atoms in total. The second-order valence-corrected chi connectivity index (χ2v) is 8.27. The Morgan fingerprint density at radius 3 is 2.66 bits per heavy atom. The lowest BCUT2D eigenvalue weighted by atomic mass is 10.1. The zero-order valence-corrected chi connectivity index (χ0v) is 17.2. The van der Waals surface area contributed by atoms with Gasteiger partial charge in [-0.15, -0.1) is 0 Å². The first-order valence-electron chi connectivity index (χ1n) is 9.75. The van der Waals surface area contributed by atoms with Gasteiger partial charge in [0, 0.05) is 25.0 Å². The largest absolute Gasteiger partial charge is 0.477 e. The van der Waals surface area contributed by atoms with Gasteiger partial charge in [-0.25, -0.2) is 9.59 Å². The molecule has 2 N–H and O–H groups in total. The van der Waals surface area contributed by atoms with E-state index in [4.69, 9.17) is 4.74 Å². The Morgan fingerprint density at radius 1 is 1.31 bits per heavy atom. The van der Waals surface area contributed by atoms with Gasteiger partial charge >= 0.3 is 12.1 Å². The molecule has 0 saturated carbocycles. The Kier molecular flexibility index (Phi) is 5.55. The minimum Gasteiger partial charge on any atom is -0.477 e. The average Bonchev–Trinajstić information content (AvgIpc) is 3.08. The molecule has 0 aliphatic carbocycles. The van der Waals surface area contributed by atoms with Crippen LogP contribution in [0.15, 0.2) is 29.2 Å². The van der Waals surface area contributed by atoms with Gasteiger partial charge in [0.05, 0.1) is 11.6 Å². The van der Waals surface area contributed by atoms with Crippen molar-refractivity contribution in [2.24, 2.45) is 0 Å². The molecule has 156 valence electrons. The number of carbonyl (C=O) groups is 2. The number of ether oxygens (including phenoxy) is 1. The molecule has 0 radical (unpaired) electrons. The van der Waals surface area contributed by atoms with Crippen LogP contribution >= 0.6 is 0 Å². The number of pyridine rings is 2. The number of carboxylic acid groups (broad SMARTS) is 1. The fourth-order valence-corrected chi connectivity index (χ4v) is 3.57. The number of aromatic carboxylic acids is 1. The highest BCUT2D eigenvalue weighted by Crippen LogP contribution is 2.24. The third-order valence-electron chi connectivity index (χ3n) is 4.92. The van der Waals surface area contributed by atoms with Crippen molar-refractivity contribution in [1.29, 1.82) is 0 Å². The van der Waals surface area contributed by atoms with Gasteiger partial charge in [0.15, 0.2) is 0 Å². The van der Waals surface area contributed by atoms with Crippen LogP contribution in [0.25, 0.3) is 5.52 Å². The van der Waals surface area contributed by atoms with Gasteiger partial charge in [0.2, 0.25) is 0 Å². The van der Waals surface area contributed by atoms with Crippen molar-refractivity contribution >= 4 is 23.3 Å². The Bertz CT molecular complexity index is 1010. The molecule has 2 aromatic rings. The zero-order valence-electron chi connectivity index (χ0n) is 17.2. The van der Waals surface area contributed by atoms with Gasteiger partial charge in [-0.05, 0) is 57.4 Å². The highest BCUT2D eigenvalue weighted by Gasteiger charge is 2.26. The number of alkyl carbamates (subject to hydrolysis) is 1. The number of hydrogen-bond acceptors (Lipinski definition) is 5. The molecule has 2 aromatic heterocycles. The number of nitrogens with zero attached hydrogens (tertiary/aromatic N) is 2. The number of carboxylic acids is 1. The average molecular weight is 401 g/mol. The van der Waals surface area contributed by atoms with Crippen molar-refractivity contribution in [2.45, 2.75) is 52.2 Å². The van der Waals surface area contributed by atoms with Crippen molar-refractivity contribution < 1.29 is 19.4 Å². The van der Waals surface area contributed by atoms with Crippen LogP contribution in [0, 0.1) is 0 Å². The van der Waals surface area contributed by atoms with Crippen LogP contribution in [-0.4, -0.2) is 46.3 Å². The molecule has 0 aromatic carbocycles. The van der Waals surface area contributed by atoms with Gasteiger partial charge < -0.3 is 20.1 Å². The summed E-state index contributed by atoms with van der Waals surface area (Å²) < 4.78 is 6.70. The van der Waals surface area contributed by atoms with Crippen LogP contribution in [0.2, 0.25) is 0 Å². The van der Waals surface area contributed by atoms with Crippen LogP contribution in [-0.2, 0) is 11.2 Å². The van der Waals surface area contributed by atoms with Crippen LogP contribution < -0.4 is 15.8 Å². The number of amides is 1. The molecule has 8 heteroatoms. The van der Waals surface area contributed by atoms with Crippen molar-refractivity contribution in [3.63, 3.8) is 0 Å². The summed E-state index contributed by atoms with van der Waals surface area (Å²) in [6.45, 7) is 8.79. The first-order valence-corrected chi connectivity index (χ1v) is 9.75. The van der Waals surface area contributed by atoms with Crippen LogP contribution in [0.3, 0.4) is 0 Å². The Balaban J connectivity index is 1.83. The smallest absolute Gasteiger partial charge is 0.407 e. The molecule has 1 atom stereocenters. The first-order chi connectivity index (χ1) is 13.6. The fraction of sp³-hybridized carbons (Fsp3) is 0.476. The second-order valence-electron chi connectivity index (χ2n) is 8.27. The van der Waals surface area contributed by atoms with E-state index in [0.717, 1.165) is 24.2 Å². The number of aromatic nitrogens is 1. The summed E-state index contributed by atoms with van der Waals surface area (Å²) in [7, 11) is 0. The van der Waals surface area contributed by atoms with Gasteiger partial charge in [-0.3, -0.25) is 9.20 Å². The summed E-state index contributed by atoms with van der Waals surface area (Å²) in [4.78, 5) is 38.0. The highest BCUT2D eigenvalue weighted by molar-refractivity contribution is 5.88. The van der Waals surface area contributed by atoms with Crippen LogP contribution in [0.4, 0.5) is 10.5 Å². The van der Waals surface area contributed by atoms with E-state index in [1.165, 1.54) is 10.5 Å². The molecule has 29 heavy (non-hydrogen) atoms. The Morgan fingerprint density at radius 2 is 2.03 bits per heavy atom. The maximum absolute atomic E-state index is 12.5. The molecule has 1 aliphatic heterocycles. The topological polar surface area (TPSA) is 100 Å². The van der Waals surface area contributed by atoms with Crippen LogP contribution in [0.1, 0.15) is 50.0 Å². The monoisotopic (exact) mass is 401 g/mol. The number of aryl methyl sites for hydroxylation is 1. The van der Waals surface area contributed by atoms with Crippen LogP contribution in [0.5, 0.6) is 0 Å². The maximum atomic E-state index is 12.5. The van der Waals surface area contributed by atoms with E-state index in [9.17, 15) is 19.5 Å². The molecule has 0 spiro atoms. The fourth-order valence-electron chi connectivity index (χ4n) is 3.57. The molecular weight excluding hydrogens is 374 g/mol. The molecule has 3 rings (SSSR count). The molecule has 1 amide bonds. The Hall–Kier alpha value is -3.03. The maximum Gasteiger partial charge on any atom is 0.407 e. The number of hydrogen-bond donors (Lipinski definition) is 2. The first kappa shape index (κ1) is 20.7. The molecular formula is C21H27N3O5. The molecule has 1 unspecified atom stereocenters. The minimum absolute atomic E-state index is 0.0247. The van der Waals surface area contributed by atoms with Crippen molar-refractivity contribution in [3.05, 3.63) is 45.9 Å². The summed E-state index contributed by atoms with van der Waals surface area (Å²) in [6.07, 6.45) is 2.59. The summed E-state index contributed by atoms with van der Waals surface area (Å²) in [5.41, 5.74) is 1.11. The molecule has 1 fully saturated rings. The van der Waals surface area contributed by atoms with E-state index in [-0.39, 0.29) is 11.6 Å². The predicted octanol–water partition coefficient (Wildman–Crippen LogP) is 2.66. The van der Waals surface area contributed by atoms with E-state index in [1.54, 1.807) is 12.3 Å². The van der Waals surface area contributed by atoms with Crippen molar-refractivity contribution in [2.75, 3.05) is 18.0 Å². The predicted molar refractivity (Wildman–Crippen MR) is 110 cm³/mol. The number of fused-ring (bicyclic) bond motifs is 1. The molecule has 3 heterocycles. The third kappa shape index (κ3) is 4.52. The molecule has 0 bridgehead atoms. The summed E-state index contributed by atoms with van der Waals surface area (Å²) in [5, 5.41) is 12.2. The van der Waals surface area contributed by atoms with Gasteiger partial charge in [0.25, 0.3) is 5.56 Å².